The summed E-state index contributed by atoms with van der Waals surface area (Å²) in [6.45, 7) is 0.372. The Kier molecular flexibility index (Phi) is 5.60. The van der Waals surface area contributed by atoms with Crippen LogP contribution in [0.5, 0.6) is 5.75 Å². The summed E-state index contributed by atoms with van der Waals surface area (Å²) in [5.41, 5.74) is 1.51. The van der Waals surface area contributed by atoms with Gasteiger partial charge in [0.2, 0.25) is 5.91 Å². The number of methoxy groups -OCH3 is 1. The van der Waals surface area contributed by atoms with Crippen LogP contribution in [0.25, 0.3) is 0 Å². The highest BCUT2D eigenvalue weighted by Gasteiger charge is 2.34. The van der Waals surface area contributed by atoms with Crippen LogP contribution in [-0.2, 0) is 11.3 Å². The number of amides is 2. The van der Waals surface area contributed by atoms with Crippen LogP contribution in [0.4, 0.5) is 0 Å². The van der Waals surface area contributed by atoms with E-state index in [0.717, 1.165) is 11.3 Å². The maximum absolute atomic E-state index is 12.6. The molecule has 0 bridgehead atoms. The molecule has 1 atom stereocenters. The van der Waals surface area contributed by atoms with E-state index in [1.54, 1.807) is 35.9 Å². The van der Waals surface area contributed by atoms with E-state index in [1.807, 2.05) is 42.5 Å². The van der Waals surface area contributed by atoms with Gasteiger partial charge in [-0.2, -0.15) is 0 Å². The average molecular weight is 356 g/mol. The molecule has 2 aromatic rings. The van der Waals surface area contributed by atoms with Crippen LogP contribution in [0.3, 0.4) is 0 Å². The van der Waals surface area contributed by atoms with Crippen molar-refractivity contribution in [2.24, 2.45) is 0 Å². The molecule has 2 aromatic carbocycles. The van der Waals surface area contributed by atoms with E-state index in [0.29, 0.717) is 23.7 Å². The van der Waals surface area contributed by atoms with Gasteiger partial charge in [-0.25, -0.2) is 0 Å². The first-order valence-electron chi connectivity index (χ1n) is 8.04. The largest absolute Gasteiger partial charge is 0.496 e. The summed E-state index contributed by atoms with van der Waals surface area (Å²) >= 11 is 1.59. The second-order valence-corrected chi connectivity index (χ2v) is 6.69. The van der Waals surface area contributed by atoms with Crippen molar-refractivity contribution in [3.63, 3.8) is 0 Å². The van der Waals surface area contributed by atoms with Crippen LogP contribution >= 0.6 is 11.8 Å². The van der Waals surface area contributed by atoms with Gasteiger partial charge in [-0.15, -0.1) is 11.8 Å². The lowest BCUT2D eigenvalue weighted by Gasteiger charge is -2.23. The third-order valence-electron chi connectivity index (χ3n) is 4.11. The van der Waals surface area contributed by atoms with Gasteiger partial charge in [0.25, 0.3) is 5.91 Å². The minimum Gasteiger partial charge on any atom is -0.496 e. The summed E-state index contributed by atoms with van der Waals surface area (Å²) in [6.07, 6.45) is 0. The van der Waals surface area contributed by atoms with Crippen molar-refractivity contribution in [1.29, 1.82) is 0 Å². The standard InChI is InChI=1S/C19H20N2O3S/c1-24-17-10-6-5-9-15(17)11-20-18(22)16-12-25-13-21(16)19(23)14-7-3-2-4-8-14/h2-10,16H,11-13H2,1H3,(H,20,22)/t16-/m0/s1. The fourth-order valence-corrected chi connectivity index (χ4v) is 3.91. The first-order chi connectivity index (χ1) is 12.2. The van der Waals surface area contributed by atoms with Crippen LogP contribution in [0, 0.1) is 0 Å². The molecule has 1 saturated heterocycles. The number of benzene rings is 2. The Balaban J connectivity index is 1.66. The van der Waals surface area contributed by atoms with Crippen molar-refractivity contribution < 1.29 is 14.3 Å². The molecule has 130 valence electrons. The van der Waals surface area contributed by atoms with Gasteiger partial charge in [0.1, 0.15) is 11.8 Å². The van der Waals surface area contributed by atoms with E-state index >= 15 is 0 Å². The van der Waals surface area contributed by atoms with Crippen LogP contribution in [-0.4, -0.2) is 41.5 Å². The number of rotatable bonds is 5. The number of nitrogens with one attached hydrogen (secondary N) is 1. The summed E-state index contributed by atoms with van der Waals surface area (Å²) in [4.78, 5) is 26.9. The molecule has 0 unspecified atom stereocenters. The molecule has 1 aliphatic rings. The molecule has 5 nitrogen and oxygen atoms in total. The zero-order valence-electron chi connectivity index (χ0n) is 14.0. The smallest absolute Gasteiger partial charge is 0.255 e. The predicted octanol–water partition coefficient (Wildman–Crippen LogP) is 2.53. The number of hydrogen-bond acceptors (Lipinski definition) is 4. The number of para-hydroxylation sites is 1. The van der Waals surface area contributed by atoms with Gasteiger partial charge in [-0.3, -0.25) is 9.59 Å². The second kappa shape index (κ2) is 8.07. The highest BCUT2D eigenvalue weighted by atomic mass is 32.2. The quantitative estimate of drug-likeness (QED) is 0.894. The molecule has 0 aromatic heterocycles. The number of ether oxygens (including phenoxy) is 1. The van der Waals surface area contributed by atoms with Crippen LogP contribution < -0.4 is 10.1 Å². The van der Waals surface area contributed by atoms with Crippen molar-refractivity contribution in [2.45, 2.75) is 12.6 Å². The molecule has 0 saturated carbocycles. The van der Waals surface area contributed by atoms with E-state index in [1.165, 1.54) is 0 Å². The van der Waals surface area contributed by atoms with E-state index in [2.05, 4.69) is 5.32 Å². The third kappa shape index (κ3) is 3.96. The van der Waals surface area contributed by atoms with Crippen molar-refractivity contribution in [3.05, 3.63) is 65.7 Å². The lowest BCUT2D eigenvalue weighted by atomic mass is 10.1. The van der Waals surface area contributed by atoms with E-state index in [4.69, 9.17) is 4.74 Å². The molecule has 6 heteroatoms. The lowest BCUT2D eigenvalue weighted by molar-refractivity contribution is -0.124. The Morgan fingerprint density at radius 3 is 2.64 bits per heavy atom. The van der Waals surface area contributed by atoms with Crippen molar-refractivity contribution >= 4 is 23.6 Å². The molecular formula is C19H20N2O3S. The SMILES string of the molecule is COc1ccccc1CNC(=O)[C@@H]1CSCN1C(=O)c1ccccc1. The van der Waals surface area contributed by atoms with Gasteiger partial charge in [-0.1, -0.05) is 36.4 Å². The molecule has 1 fully saturated rings. The Labute approximate surface area is 151 Å². The first-order valence-corrected chi connectivity index (χ1v) is 9.19. The normalized spacial score (nSPS) is 16.5. The first kappa shape index (κ1) is 17.4. The van der Waals surface area contributed by atoms with Gasteiger partial charge in [-0.05, 0) is 18.2 Å². The molecule has 3 rings (SSSR count). The summed E-state index contributed by atoms with van der Waals surface area (Å²) in [7, 11) is 1.61. The number of carbonyl (C=O) groups is 2. The summed E-state index contributed by atoms with van der Waals surface area (Å²) in [5, 5.41) is 2.93. The summed E-state index contributed by atoms with van der Waals surface area (Å²) in [6, 6.07) is 16.2. The zero-order valence-corrected chi connectivity index (χ0v) is 14.8. The predicted molar refractivity (Wildman–Crippen MR) is 98.6 cm³/mol. The summed E-state index contributed by atoms with van der Waals surface area (Å²) in [5.74, 6) is 1.63. The molecule has 2 amide bonds. The highest BCUT2D eigenvalue weighted by Crippen LogP contribution is 2.24. The average Bonchev–Trinajstić information content (AvgIpc) is 3.16. The highest BCUT2D eigenvalue weighted by molar-refractivity contribution is 7.99. The monoisotopic (exact) mass is 356 g/mol. The van der Waals surface area contributed by atoms with Gasteiger partial charge < -0.3 is 15.0 Å². The molecule has 1 N–H and O–H groups in total. The molecule has 0 aliphatic carbocycles. The maximum Gasteiger partial charge on any atom is 0.255 e. The number of hydrogen-bond donors (Lipinski definition) is 1. The van der Waals surface area contributed by atoms with E-state index in [-0.39, 0.29) is 11.8 Å². The van der Waals surface area contributed by atoms with Gasteiger partial charge >= 0.3 is 0 Å². The lowest BCUT2D eigenvalue weighted by Crippen LogP contribution is -2.47. The fourth-order valence-electron chi connectivity index (χ4n) is 2.76. The number of thioether (sulfide) groups is 1. The third-order valence-corrected chi connectivity index (χ3v) is 5.12. The van der Waals surface area contributed by atoms with Crippen molar-refractivity contribution in [3.8, 4) is 5.75 Å². The summed E-state index contributed by atoms with van der Waals surface area (Å²) < 4.78 is 5.30. The van der Waals surface area contributed by atoms with Gasteiger partial charge in [0.15, 0.2) is 0 Å². The van der Waals surface area contributed by atoms with E-state index in [9.17, 15) is 9.59 Å². The van der Waals surface area contributed by atoms with Crippen LogP contribution in [0.1, 0.15) is 15.9 Å². The zero-order chi connectivity index (χ0) is 17.6. The fraction of sp³-hybridized carbons (Fsp3) is 0.263. The molecule has 1 heterocycles. The topological polar surface area (TPSA) is 58.6 Å². The minimum absolute atomic E-state index is 0.108. The molecule has 1 aliphatic heterocycles. The minimum atomic E-state index is -0.451. The van der Waals surface area contributed by atoms with Crippen LogP contribution in [0.2, 0.25) is 0 Å². The van der Waals surface area contributed by atoms with Crippen LogP contribution in [0.15, 0.2) is 54.6 Å². The van der Waals surface area contributed by atoms with E-state index < -0.39 is 6.04 Å². The Bertz CT molecular complexity index is 751. The maximum atomic E-state index is 12.6. The second-order valence-electron chi connectivity index (χ2n) is 5.69. The molecular weight excluding hydrogens is 336 g/mol. The van der Waals surface area contributed by atoms with Crippen molar-refractivity contribution in [1.82, 2.24) is 10.2 Å². The number of carbonyl (C=O) groups excluding carboxylic acids is 2. The Morgan fingerprint density at radius 1 is 1.16 bits per heavy atom. The molecule has 0 radical (unpaired) electrons. The Morgan fingerprint density at radius 2 is 1.88 bits per heavy atom. The van der Waals surface area contributed by atoms with Crippen molar-refractivity contribution in [2.75, 3.05) is 18.7 Å². The Hall–Kier alpha value is -2.47. The number of nitrogens with zero attached hydrogens (tertiary/aromatic N) is 1. The van der Waals surface area contributed by atoms with Gasteiger partial charge in [0, 0.05) is 23.4 Å². The van der Waals surface area contributed by atoms with Gasteiger partial charge in [0.05, 0.1) is 13.0 Å². The molecule has 0 spiro atoms. The molecule has 25 heavy (non-hydrogen) atoms.